The summed E-state index contributed by atoms with van der Waals surface area (Å²) in [5.41, 5.74) is 0.937. The Morgan fingerprint density at radius 3 is 2.56 bits per heavy atom. The Kier molecular flexibility index (Phi) is 5.32. The molecule has 2 aliphatic rings. The average Bonchev–Trinajstić information content (AvgIpc) is 3.28. The third-order valence-electron chi connectivity index (χ3n) is 4.97. The van der Waals surface area contributed by atoms with E-state index in [-0.39, 0.29) is 24.3 Å². The van der Waals surface area contributed by atoms with E-state index in [0.29, 0.717) is 24.6 Å². The maximum atomic E-state index is 12.9. The molecular formula is C18H22N2O4S. The molecule has 2 heterocycles. The molecule has 1 unspecified atom stereocenters. The van der Waals surface area contributed by atoms with E-state index in [0.717, 1.165) is 5.56 Å². The number of amides is 2. The smallest absolute Gasteiger partial charge is 0.308 e. The minimum Gasteiger partial charge on any atom is -0.481 e. The fourth-order valence-electron chi connectivity index (χ4n) is 3.58. The van der Waals surface area contributed by atoms with Crippen LogP contribution in [-0.4, -0.2) is 63.5 Å². The van der Waals surface area contributed by atoms with Gasteiger partial charge in [0.05, 0.1) is 11.8 Å². The van der Waals surface area contributed by atoms with E-state index in [1.54, 1.807) is 28.5 Å². The van der Waals surface area contributed by atoms with Crippen LogP contribution < -0.4 is 0 Å². The van der Waals surface area contributed by atoms with Crippen molar-refractivity contribution in [2.75, 3.05) is 24.7 Å². The largest absolute Gasteiger partial charge is 0.481 e. The highest BCUT2D eigenvalue weighted by atomic mass is 32.2. The van der Waals surface area contributed by atoms with Gasteiger partial charge in [0.2, 0.25) is 11.8 Å². The second-order valence-corrected chi connectivity index (χ2v) is 7.44. The Balaban J connectivity index is 1.78. The zero-order chi connectivity index (χ0) is 18.0. The topological polar surface area (TPSA) is 77.9 Å². The molecule has 3 rings (SSSR count). The highest BCUT2D eigenvalue weighted by Gasteiger charge is 2.44. The van der Waals surface area contributed by atoms with Gasteiger partial charge in [0, 0.05) is 31.2 Å². The monoisotopic (exact) mass is 362 g/mol. The predicted octanol–water partition coefficient (Wildman–Crippen LogP) is 1.62. The van der Waals surface area contributed by atoms with Crippen molar-refractivity contribution >= 4 is 29.5 Å². The second-order valence-electron chi connectivity index (χ2n) is 6.44. The van der Waals surface area contributed by atoms with E-state index in [1.807, 2.05) is 30.3 Å². The quantitative estimate of drug-likeness (QED) is 0.881. The zero-order valence-corrected chi connectivity index (χ0v) is 14.9. The number of hydrogen-bond donors (Lipinski definition) is 1. The molecule has 25 heavy (non-hydrogen) atoms. The zero-order valence-electron chi connectivity index (χ0n) is 14.1. The molecule has 0 radical (unpaired) electrons. The van der Waals surface area contributed by atoms with Crippen LogP contribution in [0.15, 0.2) is 30.3 Å². The molecule has 6 nitrogen and oxygen atoms in total. The van der Waals surface area contributed by atoms with Crippen LogP contribution in [0.4, 0.5) is 0 Å². The summed E-state index contributed by atoms with van der Waals surface area (Å²) in [5.74, 6) is -0.765. The first-order chi connectivity index (χ1) is 12.0. The third kappa shape index (κ3) is 3.51. The SMILES string of the molecule is CCC(=O)N1CSCC1C(=O)N1C[C@H](C(=O)O)[C@H](c2ccccc2)C1. The van der Waals surface area contributed by atoms with E-state index >= 15 is 0 Å². The van der Waals surface area contributed by atoms with Gasteiger partial charge < -0.3 is 14.9 Å². The highest BCUT2D eigenvalue weighted by Crippen LogP contribution is 2.34. The lowest BCUT2D eigenvalue weighted by atomic mass is 9.89. The number of thioether (sulfide) groups is 1. The Labute approximate surface area is 151 Å². The van der Waals surface area contributed by atoms with Crippen molar-refractivity contribution in [3.05, 3.63) is 35.9 Å². The Hall–Kier alpha value is -2.02. The molecule has 134 valence electrons. The van der Waals surface area contributed by atoms with Gasteiger partial charge in [-0.3, -0.25) is 14.4 Å². The lowest BCUT2D eigenvalue weighted by Crippen LogP contribution is -2.48. The minimum atomic E-state index is -0.883. The van der Waals surface area contributed by atoms with Crippen molar-refractivity contribution in [2.24, 2.45) is 5.92 Å². The average molecular weight is 362 g/mol. The number of rotatable bonds is 4. The molecule has 2 fully saturated rings. The predicted molar refractivity (Wildman–Crippen MR) is 95.1 cm³/mol. The summed E-state index contributed by atoms with van der Waals surface area (Å²) in [6.45, 7) is 2.37. The van der Waals surface area contributed by atoms with Crippen molar-refractivity contribution in [1.82, 2.24) is 9.80 Å². The Bertz CT molecular complexity index is 666. The van der Waals surface area contributed by atoms with Gasteiger partial charge in [-0.25, -0.2) is 0 Å². The number of aliphatic carboxylic acids is 1. The van der Waals surface area contributed by atoms with Crippen molar-refractivity contribution < 1.29 is 19.5 Å². The molecule has 1 N–H and O–H groups in total. The van der Waals surface area contributed by atoms with Crippen LogP contribution in [0, 0.1) is 5.92 Å². The van der Waals surface area contributed by atoms with Gasteiger partial charge in [0.1, 0.15) is 6.04 Å². The number of nitrogens with zero attached hydrogens (tertiary/aromatic N) is 2. The van der Waals surface area contributed by atoms with E-state index in [2.05, 4.69) is 0 Å². The second kappa shape index (κ2) is 7.47. The molecule has 2 saturated heterocycles. The van der Waals surface area contributed by atoms with Gasteiger partial charge in [0.15, 0.2) is 0 Å². The van der Waals surface area contributed by atoms with Crippen molar-refractivity contribution in [3.8, 4) is 0 Å². The lowest BCUT2D eigenvalue weighted by molar-refractivity contribution is -0.144. The van der Waals surface area contributed by atoms with Crippen LogP contribution in [0.25, 0.3) is 0 Å². The van der Waals surface area contributed by atoms with Crippen LogP contribution in [0.5, 0.6) is 0 Å². The fourth-order valence-corrected chi connectivity index (χ4v) is 4.75. The number of carbonyl (C=O) groups excluding carboxylic acids is 2. The molecule has 0 aliphatic carbocycles. The first-order valence-electron chi connectivity index (χ1n) is 8.46. The normalized spacial score (nSPS) is 26.0. The maximum Gasteiger partial charge on any atom is 0.308 e. The first kappa shape index (κ1) is 17.8. The van der Waals surface area contributed by atoms with Crippen LogP contribution >= 0.6 is 11.8 Å². The number of carboxylic acids is 1. The molecule has 3 atom stereocenters. The Morgan fingerprint density at radius 1 is 1.20 bits per heavy atom. The summed E-state index contributed by atoms with van der Waals surface area (Å²) in [6.07, 6.45) is 0.370. The van der Waals surface area contributed by atoms with E-state index in [9.17, 15) is 19.5 Å². The van der Waals surface area contributed by atoms with Gasteiger partial charge in [-0.15, -0.1) is 11.8 Å². The van der Waals surface area contributed by atoms with Gasteiger partial charge in [-0.2, -0.15) is 0 Å². The standard InChI is InChI=1S/C18H22N2O4S/c1-2-16(21)20-11-25-10-15(20)17(22)19-8-13(14(9-19)18(23)24)12-6-4-3-5-7-12/h3-7,13-15H,2,8-11H2,1H3,(H,23,24)/t13-,14-,15?/m0/s1. The summed E-state index contributed by atoms with van der Waals surface area (Å²) in [7, 11) is 0. The number of carboxylic acid groups (broad SMARTS) is 1. The number of benzene rings is 1. The number of carbonyl (C=O) groups is 3. The van der Waals surface area contributed by atoms with E-state index < -0.39 is 17.9 Å². The summed E-state index contributed by atoms with van der Waals surface area (Å²) < 4.78 is 0. The highest BCUT2D eigenvalue weighted by molar-refractivity contribution is 7.99. The maximum absolute atomic E-state index is 12.9. The molecule has 2 amide bonds. The van der Waals surface area contributed by atoms with Crippen molar-refractivity contribution in [2.45, 2.75) is 25.3 Å². The van der Waals surface area contributed by atoms with Crippen LogP contribution in [0.3, 0.4) is 0 Å². The van der Waals surface area contributed by atoms with E-state index in [1.165, 1.54) is 0 Å². The molecule has 0 bridgehead atoms. The summed E-state index contributed by atoms with van der Waals surface area (Å²) in [5, 5.41) is 9.58. The van der Waals surface area contributed by atoms with Gasteiger partial charge in [-0.1, -0.05) is 37.3 Å². The van der Waals surface area contributed by atoms with Crippen LogP contribution in [0.2, 0.25) is 0 Å². The molecular weight excluding hydrogens is 340 g/mol. The first-order valence-corrected chi connectivity index (χ1v) is 9.62. The van der Waals surface area contributed by atoms with Gasteiger partial charge in [0.25, 0.3) is 0 Å². The molecule has 1 aromatic carbocycles. The molecule has 0 spiro atoms. The Morgan fingerprint density at radius 2 is 1.92 bits per heavy atom. The number of likely N-dealkylation sites (tertiary alicyclic amines) is 1. The van der Waals surface area contributed by atoms with E-state index in [4.69, 9.17) is 0 Å². The van der Waals surface area contributed by atoms with Crippen LogP contribution in [-0.2, 0) is 14.4 Å². The molecule has 0 saturated carbocycles. The summed E-state index contributed by atoms with van der Waals surface area (Å²) in [6, 6.07) is 9.00. The molecule has 1 aromatic rings. The van der Waals surface area contributed by atoms with Gasteiger partial charge >= 0.3 is 5.97 Å². The van der Waals surface area contributed by atoms with Crippen LogP contribution in [0.1, 0.15) is 24.8 Å². The molecule has 7 heteroatoms. The molecule has 0 aromatic heterocycles. The summed E-state index contributed by atoms with van der Waals surface area (Å²) >= 11 is 1.57. The number of hydrogen-bond acceptors (Lipinski definition) is 4. The minimum absolute atomic E-state index is 0.0306. The van der Waals surface area contributed by atoms with Crippen molar-refractivity contribution in [1.29, 1.82) is 0 Å². The fraction of sp³-hybridized carbons (Fsp3) is 0.500. The third-order valence-corrected chi connectivity index (χ3v) is 5.98. The van der Waals surface area contributed by atoms with Gasteiger partial charge in [-0.05, 0) is 5.56 Å². The molecule has 2 aliphatic heterocycles. The lowest BCUT2D eigenvalue weighted by Gasteiger charge is -2.27. The summed E-state index contributed by atoms with van der Waals surface area (Å²) in [4.78, 5) is 39.9. The van der Waals surface area contributed by atoms with Crippen molar-refractivity contribution in [3.63, 3.8) is 0 Å².